The summed E-state index contributed by atoms with van der Waals surface area (Å²) in [6.45, 7) is 4.41. The molecular weight excluding hydrogens is 485 g/mol. The van der Waals surface area contributed by atoms with Crippen molar-refractivity contribution in [2.75, 3.05) is 30.8 Å². The van der Waals surface area contributed by atoms with Gasteiger partial charge in [-0.25, -0.2) is 12.8 Å². The van der Waals surface area contributed by atoms with Gasteiger partial charge >= 0.3 is 0 Å². The van der Waals surface area contributed by atoms with E-state index in [0.717, 1.165) is 22.5 Å². The van der Waals surface area contributed by atoms with Crippen LogP contribution in [0.3, 0.4) is 0 Å². The van der Waals surface area contributed by atoms with Crippen molar-refractivity contribution in [1.82, 2.24) is 10.2 Å². The Morgan fingerprint density at radius 3 is 2.44 bits per heavy atom. The van der Waals surface area contributed by atoms with Gasteiger partial charge in [-0.1, -0.05) is 38.1 Å². The molecule has 8 nitrogen and oxygen atoms in total. The largest absolute Gasteiger partial charge is 0.497 e. The van der Waals surface area contributed by atoms with Crippen LogP contribution < -0.4 is 14.4 Å². The molecule has 1 atom stereocenters. The molecule has 36 heavy (non-hydrogen) atoms. The number of carbonyl (C=O) groups excluding carboxylic acids is 2. The first-order chi connectivity index (χ1) is 17.1. The van der Waals surface area contributed by atoms with Gasteiger partial charge in [0.2, 0.25) is 21.8 Å². The van der Waals surface area contributed by atoms with Crippen LogP contribution >= 0.6 is 0 Å². The lowest BCUT2D eigenvalue weighted by Gasteiger charge is -2.31. The number of nitrogens with one attached hydrogen (secondary N) is 1. The SMILES string of the molecule is CCCNC(=O)C(CC)N(Cc1cccc(OC)c1)C(=O)CCCN(c1ccccc1F)S(C)(=O)=O. The molecule has 0 spiro atoms. The van der Waals surface area contributed by atoms with E-state index in [9.17, 15) is 22.4 Å². The molecule has 0 bridgehead atoms. The molecule has 0 fully saturated rings. The molecule has 10 heteroatoms. The van der Waals surface area contributed by atoms with Gasteiger partial charge in [-0.2, -0.15) is 0 Å². The molecule has 2 aromatic rings. The van der Waals surface area contributed by atoms with Gasteiger partial charge in [-0.05, 0) is 49.1 Å². The zero-order valence-corrected chi connectivity index (χ0v) is 22.2. The van der Waals surface area contributed by atoms with Crippen LogP contribution in [0, 0.1) is 5.82 Å². The van der Waals surface area contributed by atoms with Crippen LogP contribution in [-0.2, 0) is 26.2 Å². The molecule has 198 valence electrons. The van der Waals surface area contributed by atoms with E-state index >= 15 is 0 Å². The number of anilines is 1. The first-order valence-electron chi connectivity index (χ1n) is 12.0. The first-order valence-corrected chi connectivity index (χ1v) is 13.9. The summed E-state index contributed by atoms with van der Waals surface area (Å²) in [5.41, 5.74) is 0.736. The zero-order valence-electron chi connectivity index (χ0n) is 21.4. The number of benzene rings is 2. The molecule has 2 amide bonds. The van der Waals surface area contributed by atoms with E-state index in [1.54, 1.807) is 25.3 Å². The van der Waals surface area contributed by atoms with E-state index in [1.165, 1.54) is 23.1 Å². The number of halogens is 1. The van der Waals surface area contributed by atoms with Crippen LogP contribution in [0.15, 0.2) is 48.5 Å². The van der Waals surface area contributed by atoms with Crippen molar-refractivity contribution in [1.29, 1.82) is 0 Å². The molecule has 1 N–H and O–H groups in total. The number of ether oxygens (including phenoxy) is 1. The van der Waals surface area contributed by atoms with Gasteiger partial charge in [0.1, 0.15) is 17.6 Å². The summed E-state index contributed by atoms with van der Waals surface area (Å²) < 4.78 is 45.2. The number of nitrogens with zero attached hydrogens (tertiary/aromatic N) is 2. The maximum absolute atomic E-state index is 14.3. The van der Waals surface area contributed by atoms with Gasteiger partial charge < -0.3 is 15.0 Å². The second-order valence-corrected chi connectivity index (χ2v) is 10.4. The van der Waals surface area contributed by atoms with Crippen molar-refractivity contribution in [3.05, 3.63) is 59.9 Å². The zero-order chi connectivity index (χ0) is 26.7. The molecule has 0 radical (unpaired) electrons. The lowest BCUT2D eigenvalue weighted by molar-refractivity contribution is -0.141. The number of amides is 2. The van der Waals surface area contributed by atoms with Gasteiger partial charge in [0, 0.05) is 26.1 Å². The Kier molecular flexibility index (Phi) is 11.2. The van der Waals surface area contributed by atoms with Crippen molar-refractivity contribution < 1.29 is 27.1 Å². The van der Waals surface area contributed by atoms with E-state index < -0.39 is 21.9 Å². The highest BCUT2D eigenvalue weighted by Crippen LogP contribution is 2.23. The maximum atomic E-state index is 14.3. The predicted molar refractivity (Wildman–Crippen MR) is 139 cm³/mol. The van der Waals surface area contributed by atoms with Gasteiger partial charge in [0.25, 0.3) is 0 Å². The molecule has 1 unspecified atom stereocenters. The Morgan fingerprint density at radius 1 is 1.11 bits per heavy atom. The summed E-state index contributed by atoms with van der Waals surface area (Å²) in [6, 6.07) is 12.2. The predicted octanol–water partition coefficient (Wildman–Crippen LogP) is 3.71. The summed E-state index contributed by atoms with van der Waals surface area (Å²) in [5, 5.41) is 2.86. The van der Waals surface area contributed by atoms with Crippen molar-refractivity contribution in [3.63, 3.8) is 0 Å². The second-order valence-electron chi connectivity index (χ2n) is 8.48. The molecule has 2 aromatic carbocycles. The van der Waals surface area contributed by atoms with Crippen LogP contribution in [0.25, 0.3) is 0 Å². The summed E-state index contributed by atoms with van der Waals surface area (Å²) >= 11 is 0. The highest BCUT2D eigenvalue weighted by atomic mass is 32.2. The molecule has 0 aromatic heterocycles. The lowest BCUT2D eigenvalue weighted by atomic mass is 10.1. The van der Waals surface area contributed by atoms with Gasteiger partial charge in [-0.15, -0.1) is 0 Å². The van der Waals surface area contributed by atoms with Crippen LogP contribution in [0.5, 0.6) is 5.75 Å². The summed E-state index contributed by atoms with van der Waals surface area (Å²) in [6.07, 6.45) is 2.32. The third-order valence-corrected chi connectivity index (χ3v) is 6.88. The van der Waals surface area contributed by atoms with Crippen LogP contribution in [0.4, 0.5) is 10.1 Å². The van der Waals surface area contributed by atoms with E-state index in [2.05, 4.69) is 5.32 Å². The number of carbonyl (C=O) groups is 2. The van der Waals surface area contributed by atoms with E-state index in [-0.39, 0.29) is 43.4 Å². The third-order valence-electron chi connectivity index (χ3n) is 5.70. The first kappa shape index (κ1) is 29.1. The molecular formula is C26H36FN3O5S. The normalized spacial score (nSPS) is 12.0. The third kappa shape index (κ3) is 8.22. The molecule has 0 aliphatic rings. The standard InChI is InChI=1S/C26H36FN3O5S/c1-5-16-28-26(32)23(6-2)29(19-20-11-9-12-21(18-20)35-3)25(31)15-10-17-30(36(4,33)34)24-14-8-7-13-22(24)27/h7-9,11-14,18,23H,5-6,10,15-17,19H2,1-4H3,(H,28,32). The molecule has 2 rings (SSSR count). The van der Waals surface area contributed by atoms with Crippen molar-refractivity contribution in [2.45, 2.75) is 52.1 Å². The average molecular weight is 522 g/mol. The minimum absolute atomic E-state index is 0.0119. The maximum Gasteiger partial charge on any atom is 0.242 e. The minimum atomic E-state index is -3.77. The number of rotatable bonds is 14. The van der Waals surface area contributed by atoms with Crippen molar-refractivity contribution in [2.24, 2.45) is 0 Å². The molecule has 0 aliphatic heterocycles. The fourth-order valence-corrected chi connectivity index (χ4v) is 4.86. The molecule has 0 saturated heterocycles. The molecule has 0 aliphatic carbocycles. The number of hydrogen-bond acceptors (Lipinski definition) is 5. The Bertz CT molecular complexity index is 1130. The average Bonchev–Trinajstić information content (AvgIpc) is 2.85. The Balaban J connectivity index is 2.23. The Hall–Kier alpha value is -3.14. The fourth-order valence-electron chi connectivity index (χ4n) is 3.89. The summed E-state index contributed by atoms with van der Waals surface area (Å²) in [5.74, 6) is -0.553. The summed E-state index contributed by atoms with van der Waals surface area (Å²) in [7, 11) is -2.22. The highest BCUT2D eigenvalue weighted by molar-refractivity contribution is 7.92. The Morgan fingerprint density at radius 2 is 1.83 bits per heavy atom. The van der Waals surface area contributed by atoms with Crippen LogP contribution in [-0.4, -0.2) is 57.6 Å². The number of methoxy groups -OCH3 is 1. The van der Waals surface area contributed by atoms with Crippen LogP contribution in [0.1, 0.15) is 45.1 Å². The van der Waals surface area contributed by atoms with E-state index in [4.69, 9.17) is 4.74 Å². The quantitative estimate of drug-likeness (QED) is 0.409. The molecule has 0 saturated carbocycles. The summed E-state index contributed by atoms with van der Waals surface area (Å²) in [4.78, 5) is 27.8. The second kappa shape index (κ2) is 13.8. The topological polar surface area (TPSA) is 96.0 Å². The van der Waals surface area contributed by atoms with Crippen LogP contribution in [0.2, 0.25) is 0 Å². The van der Waals surface area contributed by atoms with Gasteiger partial charge in [0.05, 0.1) is 19.1 Å². The Labute approximate surface area is 213 Å². The molecule has 0 heterocycles. The number of hydrogen-bond donors (Lipinski definition) is 1. The van der Waals surface area contributed by atoms with E-state index in [1.807, 2.05) is 26.0 Å². The minimum Gasteiger partial charge on any atom is -0.497 e. The van der Waals surface area contributed by atoms with Gasteiger partial charge in [0.15, 0.2) is 0 Å². The lowest BCUT2D eigenvalue weighted by Crippen LogP contribution is -2.49. The monoisotopic (exact) mass is 521 g/mol. The fraction of sp³-hybridized carbons (Fsp3) is 0.462. The smallest absolute Gasteiger partial charge is 0.242 e. The van der Waals surface area contributed by atoms with Gasteiger partial charge in [-0.3, -0.25) is 13.9 Å². The number of para-hydroxylation sites is 1. The van der Waals surface area contributed by atoms with E-state index in [0.29, 0.717) is 18.7 Å². The van der Waals surface area contributed by atoms with Crippen molar-refractivity contribution in [3.8, 4) is 5.75 Å². The number of sulfonamides is 1. The van der Waals surface area contributed by atoms with Crippen molar-refractivity contribution >= 4 is 27.5 Å². The highest BCUT2D eigenvalue weighted by Gasteiger charge is 2.29.